The van der Waals surface area contributed by atoms with Crippen LogP contribution >= 0.6 is 0 Å². The van der Waals surface area contributed by atoms with Crippen molar-refractivity contribution < 1.29 is 9.90 Å². The molecule has 3 heteroatoms. The Morgan fingerprint density at radius 1 is 1.54 bits per heavy atom. The highest BCUT2D eigenvalue weighted by atomic mass is 16.3. The van der Waals surface area contributed by atoms with Crippen molar-refractivity contribution in [3.8, 4) is 0 Å². The third kappa shape index (κ3) is 3.44. The number of hydrogen-bond donors (Lipinski definition) is 1. The molecule has 0 bridgehead atoms. The molecule has 0 unspecified atom stereocenters. The summed E-state index contributed by atoms with van der Waals surface area (Å²) in [7, 11) is 0. The Bertz CT molecular complexity index is 166. The van der Waals surface area contributed by atoms with Crippen LogP contribution in [0.15, 0.2) is 0 Å². The molecule has 1 rings (SSSR count). The van der Waals surface area contributed by atoms with Crippen molar-refractivity contribution >= 4 is 5.78 Å². The van der Waals surface area contributed by atoms with Gasteiger partial charge in [-0.05, 0) is 26.2 Å². The minimum absolute atomic E-state index is 0.223. The zero-order valence-electron chi connectivity index (χ0n) is 8.33. The standard InChI is InChI=1S/C10H19NO2/c1-9(13)8-11(6-3-7-12)10-4-2-5-10/h10,12H,2-8H2,1H3. The summed E-state index contributed by atoms with van der Waals surface area (Å²) in [6.45, 7) is 3.27. The zero-order valence-corrected chi connectivity index (χ0v) is 8.33. The van der Waals surface area contributed by atoms with Gasteiger partial charge in [-0.3, -0.25) is 9.69 Å². The Morgan fingerprint density at radius 2 is 2.23 bits per heavy atom. The minimum Gasteiger partial charge on any atom is -0.396 e. The van der Waals surface area contributed by atoms with Gasteiger partial charge in [-0.15, -0.1) is 0 Å². The first-order valence-electron chi connectivity index (χ1n) is 5.08. The molecule has 0 saturated heterocycles. The number of hydrogen-bond acceptors (Lipinski definition) is 3. The smallest absolute Gasteiger partial charge is 0.143 e. The molecule has 0 aromatic heterocycles. The maximum absolute atomic E-state index is 11.0. The van der Waals surface area contributed by atoms with Crippen LogP contribution in [0.3, 0.4) is 0 Å². The molecule has 0 spiro atoms. The Labute approximate surface area is 79.7 Å². The molecule has 1 aliphatic carbocycles. The van der Waals surface area contributed by atoms with E-state index in [2.05, 4.69) is 4.90 Å². The van der Waals surface area contributed by atoms with Crippen LogP contribution in [0, 0.1) is 0 Å². The molecular weight excluding hydrogens is 166 g/mol. The molecule has 0 atom stereocenters. The highest BCUT2D eigenvalue weighted by Gasteiger charge is 2.24. The molecule has 1 aliphatic rings. The van der Waals surface area contributed by atoms with Gasteiger partial charge in [-0.25, -0.2) is 0 Å². The fourth-order valence-corrected chi connectivity index (χ4v) is 1.70. The third-order valence-electron chi connectivity index (χ3n) is 2.62. The Kier molecular flexibility index (Phi) is 4.39. The van der Waals surface area contributed by atoms with E-state index in [0.29, 0.717) is 12.6 Å². The quantitative estimate of drug-likeness (QED) is 0.666. The largest absolute Gasteiger partial charge is 0.396 e. The lowest BCUT2D eigenvalue weighted by Crippen LogP contribution is -2.43. The van der Waals surface area contributed by atoms with Crippen LogP contribution in [0.1, 0.15) is 32.6 Å². The molecular formula is C10H19NO2. The van der Waals surface area contributed by atoms with E-state index in [4.69, 9.17) is 5.11 Å². The summed E-state index contributed by atoms with van der Waals surface area (Å²) in [5, 5.41) is 8.71. The third-order valence-corrected chi connectivity index (χ3v) is 2.62. The van der Waals surface area contributed by atoms with Gasteiger partial charge < -0.3 is 5.11 Å². The first kappa shape index (κ1) is 10.7. The maximum atomic E-state index is 11.0. The number of Topliss-reactive ketones (excluding diaryl/α,β-unsaturated/α-hetero) is 1. The predicted molar refractivity (Wildman–Crippen MR) is 51.6 cm³/mol. The van der Waals surface area contributed by atoms with Crippen molar-refractivity contribution in [2.45, 2.75) is 38.6 Å². The summed E-state index contributed by atoms with van der Waals surface area (Å²) in [6, 6.07) is 0.607. The van der Waals surface area contributed by atoms with E-state index in [0.717, 1.165) is 13.0 Å². The van der Waals surface area contributed by atoms with Gasteiger partial charge in [0, 0.05) is 19.2 Å². The van der Waals surface area contributed by atoms with E-state index in [-0.39, 0.29) is 12.4 Å². The minimum atomic E-state index is 0.223. The van der Waals surface area contributed by atoms with Gasteiger partial charge in [-0.2, -0.15) is 0 Å². The molecule has 0 amide bonds. The normalized spacial score (nSPS) is 17.5. The zero-order chi connectivity index (χ0) is 9.68. The number of ketones is 1. The number of nitrogens with zero attached hydrogens (tertiary/aromatic N) is 1. The number of rotatable bonds is 6. The van der Waals surface area contributed by atoms with Crippen molar-refractivity contribution in [1.29, 1.82) is 0 Å². The molecule has 1 saturated carbocycles. The highest BCUT2D eigenvalue weighted by molar-refractivity contribution is 5.77. The van der Waals surface area contributed by atoms with Gasteiger partial charge in [0.25, 0.3) is 0 Å². The summed E-state index contributed by atoms with van der Waals surface area (Å²) in [5.74, 6) is 0.227. The molecule has 0 radical (unpaired) electrons. The number of carbonyl (C=O) groups is 1. The van der Waals surface area contributed by atoms with Gasteiger partial charge >= 0.3 is 0 Å². The lowest BCUT2D eigenvalue weighted by Gasteiger charge is -2.36. The Morgan fingerprint density at radius 3 is 2.62 bits per heavy atom. The van der Waals surface area contributed by atoms with Crippen molar-refractivity contribution in [2.75, 3.05) is 19.7 Å². The lowest BCUT2D eigenvalue weighted by atomic mass is 9.91. The summed E-state index contributed by atoms with van der Waals surface area (Å²) in [5.41, 5.74) is 0. The van der Waals surface area contributed by atoms with Crippen LogP contribution in [0.5, 0.6) is 0 Å². The van der Waals surface area contributed by atoms with Crippen molar-refractivity contribution in [2.24, 2.45) is 0 Å². The molecule has 3 nitrogen and oxygen atoms in total. The van der Waals surface area contributed by atoms with Gasteiger partial charge in [0.05, 0.1) is 6.54 Å². The first-order valence-corrected chi connectivity index (χ1v) is 5.08. The van der Waals surface area contributed by atoms with Gasteiger partial charge in [0.15, 0.2) is 0 Å². The van der Waals surface area contributed by atoms with Gasteiger partial charge in [0.2, 0.25) is 0 Å². The SMILES string of the molecule is CC(=O)CN(CCCO)C1CCC1. The van der Waals surface area contributed by atoms with Gasteiger partial charge in [-0.1, -0.05) is 6.42 Å². The average molecular weight is 185 g/mol. The second-order valence-corrected chi connectivity index (χ2v) is 3.83. The summed E-state index contributed by atoms with van der Waals surface area (Å²) < 4.78 is 0. The molecule has 1 N–H and O–H groups in total. The van der Waals surface area contributed by atoms with Crippen LogP contribution in [0.2, 0.25) is 0 Å². The monoisotopic (exact) mass is 185 g/mol. The van der Waals surface area contributed by atoms with E-state index in [1.807, 2.05) is 0 Å². The van der Waals surface area contributed by atoms with E-state index in [1.54, 1.807) is 6.92 Å². The van der Waals surface area contributed by atoms with E-state index in [9.17, 15) is 4.79 Å². The van der Waals surface area contributed by atoms with Crippen molar-refractivity contribution in [3.05, 3.63) is 0 Å². The molecule has 0 aromatic carbocycles. The van der Waals surface area contributed by atoms with E-state index < -0.39 is 0 Å². The van der Waals surface area contributed by atoms with Gasteiger partial charge in [0.1, 0.15) is 5.78 Å². The van der Waals surface area contributed by atoms with Crippen LogP contribution in [0.25, 0.3) is 0 Å². The number of aliphatic hydroxyl groups excluding tert-OH is 1. The van der Waals surface area contributed by atoms with Crippen LogP contribution in [-0.4, -0.2) is 41.5 Å². The maximum Gasteiger partial charge on any atom is 0.143 e. The molecule has 0 aliphatic heterocycles. The highest BCUT2D eigenvalue weighted by Crippen LogP contribution is 2.24. The van der Waals surface area contributed by atoms with Crippen molar-refractivity contribution in [1.82, 2.24) is 4.90 Å². The topological polar surface area (TPSA) is 40.5 Å². The molecule has 76 valence electrons. The number of carbonyl (C=O) groups excluding carboxylic acids is 1. The van der Waals surface area contributed by atoms with E-state index >= 15 is 0 Å². The number of aliphatic hydroxyl groups is 1. The van der Waals surface area contributed by atoms with E-state index in [1.165, 1.54) is 19.3 Å². The summed E-state index contributed by atoms with van der Waals surface area (Å²) in [6.07, 6.45) is 4.51. The fourth-order valence-electron chi connectivity index (χ4n) is 1.70. The first-order chi connectivity index (χ1) is 6.24. The second-order valence-electron chi connectivity index (χ2n) is 3.83. The van der Waals surface area contributed by atoms with Crippen LogP contribution in [-0.2, 0) is 4.79 Å². The summed E-state index contributed by atoms with van der Waals surface area (Å²) >= 11 is 0. The lowest BCUT2D eigenvalue weighted by molar-refractivity contribution is -0.119. The molecule has 0 aromatic rings. The predicted octanol–water partition coefficient (Wildman–Crippen LogP) is 0.812. The van der Waals surface area contributed by atoms with Crippen LogP contribution in [0.4, 0.5) is 0 Å². The Hall–Kier alpha value is -0.410. The fraction of sp³-hybridized carbons (Fsp3) is 0.900. The molecule has 0 heterocycles. The second kappa shape index (κ2) is 5.35. The molecule has 1 fully saturated rings. The Balaban J connectivity index is 2.28. The molecule has 13 heavy (non-hydrogen) atoms. The summed E-state index contributed by atoms with van der Waals surface area (Å²) in [4.78, 5) is 13.2. The van der Waals surface area contributed by atoms with Crippen LogP contribution < -0.4 is 0 Å². The average Bonchev–Trinajstić information content (AvgIpc) is 1.95. The van der Waals surface area contributed by atoms with Crippen molar-refractivity contribution in [3.63, 3.8) is 0 Å².